The fourth-order valence-corrected chi connectivity index (χ4v) is 2.32. The summed E-state index contributed by atoms with van der Waals surface area (Å²) >= 11 is 5.96. The number of halogens is 1. The highest BCUT2D eigenvalue weighted by atomic mass is 35.5. The van der Waals surface area contributed by atoms with Gasteiger partial charge in [0.1, 0.15) is 5.69 Å². The van der Waals surface area contributed by atoms with Crippen LogP contribution >= 0.6 is 11.6 Å². The first-order chi connectivity index (χ1) is 9.65. The summed E-state index contributed by atoms with van der Waals surface area (Å²) in [6.45, 7) is 3.38. The molecule has 0 atom stereocenters. The number of nitrogens with zero attached hydrogens (tertiary/aromatic N) is 1. The zero-order chi connectivity index (χ0) is 14.5. The van der Waals surface area contributed by atoms with Gasteiger partial charge in [-0.2, -0.15) is 0 Å². The van der Waals surface area contributed by atoms with Gasteiger partial charge in [-0.3, -0.25) is 4.79 Å². The third-order valence-corrected chi connectivity index (χ3v) is 3.28. The molecule has 2 N–H and O–H groups in total. The summed E-state index contributed by atoms with van der Waals surface area (Å²) in [5.41, 5.74) is 2.42. The second-order valence-corrected chi connectivity index (χ2v) is 4.91. The van der Waals surface area contributed by atoms with Crippen LogP contribution in [0.1, 0.15) is 23.0 Å². The zero-order valence-corrected chi connectivity index (χ0v) is 12.4. The van der Waals surface area contributed by atoms with Gasteiger partial charge in [-0.15, -0.1) is 0 Å². The number of anilines is 1. The van der Waals surface area contributed by atoms with Crippen LogP contribution in [-0.2, 0) is 13.1 Å². The van der Waals surface area contributed by atoms with E-state index in [9.17, 15) is 4.79 Å². The van der Waals surface area contributed by atoms with Gasteiger partial charge in [-0.05, 0) is 31.7 Å². The molecule has 1 aromatic carbocycles. The van der Waals surface area contributed by atoms with E-state index in [4.69, 9.17) is 11.6 Å². The molecule has 0 fully saturated rings. The molecule has 2 aromatic rings. The van der Waals surface area contributed by atoms with Crippen molar-refractivity contribution in [3.63, 3.8) is 0 Å². The fraction of sp³-hybridized carbons (Fsp3) is 0.267. The lowest BCUT2D eigenvalue weighted by atomic mass is 10.1. The monoisotopic (exact) mass is 291 g/mol. The maximum Gasteiger partial charge on any atom is 0.272 e. The number of hydrogen-bond donors (Lipinski definition) is 2. The van der Waals surface area contributed by atoms with Crippen molar-refractivity contribution < 1.29 is 4.79 Å². The zero-order valence-electron chi connectivity index (χ0n) is 11.6. The highest BCUT2D eigenvalue weighted by Crippen LogP contribution is 2.19. The van der Waals surface area contributed by atoms with E-state index >= 15 is 0 Å². The van der Waals surface area contributed by atoms with Crippen LogP contribution in [0.2, 0.25) is 5.02 Å². The van der Waals surface area contributed by atoms with Gasteiger partial charge in [-0.1, -0.05) is 29.8 Å². The van der Waals surface area contributed by atoms with Crippen molar-refractivity contribution in [2.45, 2.75) is 20.0 Å². The molecule has 4 nitrogen and oxygen atoms in total. The number of carbonyl (C=O) groups is 1. The number of hydrogen-bond acceptors (Lipinski definition) is 2. The molecule has 0 unspecified atom stereocenters. The standard InChI is InChI=1S/C15H18ClN3O/c1-3-19-10-12(16)8-14(19)15(20)18-13-7-5-4-6-11(13)9-17-2/h4-8,10,17H,3,9H2,1-2H3,(H,18,20). The van der Waals surface area contributed by atoms with Crippen molar-refractivity contribution in [3.05, 3.63) is 52.8 Å². The molecule has 0 aliphatic rings. The first-order valence-corrected chi connectivity index (χ1v) is 6.93. The summed E-state index contributed by atoms with van der Waals surface area (Å²) < 4.78 is 1.83. The first-order valence-electron chi connectivity index (χ1n) is 6.55. The average Bonchev–Trinajstić information content (AvgIpc) is 2.82. The second-order valence-electron chi connectivity index (χ2n) is 4.47. The smallest absolute Gasteiger partial charge is 0.272 e. The van der Waals surface area contributed by atoms with Crippen molar-refractivity contribution in [3.8, 4) is 0 Å². The van der Waals surface area contributed by atoms with Gasteiger partial charge in [0.15, 0.2) is 0 Å². The van der Waals surface area contributed by atoms with Gasteiger partial charge in [-0.25, -0.2) is 0 Å². The highest BCUT2D eigenvalue weighted by Gasteiger charge is 2.13. The summed E-state index contributed by atoms with van der Waals surface area (Å²) in [7, 11) is 1.88. The van der Waals surface area contributed by atoms with E-state index in [2.05, 4.69) is 10.6 Å². The van der Waals surface area contributed by atoms with Crippen molar-refractivity contribution in [1.82, 2.24) is 9.88 Å². The van der Waals surface area contributed by atoms with Crippen LogP contribution < -0.4 is 10.6 Å². The van der Waals surface area contributed by atoms with Crippen LogP contribution in [0.25, 0.3) is 0 Å². The molecule has 0 saturated heterocycles. The molecule has 0 aliphatic heterocycles. The van der Waals surface area contributed by atoms with E-state index in [1.165, 1.54) is 0 Å². The van der Waals surface area contributed by atoms with Crippen LogP contribution in [0, 0.1) is 0 Å². The number of aromatic nitrogens is 1. The molecule has 1 heterocycles. The Balaban J connectivity index is 2.23. The summed E-state index contributed by atoms with van der Waals surface area (Å²) in [6, 6.07) is 9.42. The Bertz CT molecular complexity index is 607. The predicted octanol–water partition coefficient (Wildman–Crippen LogP) is 3.13. The molecule has 0 saturated carbocycles. The normalized spacial score (nSPS) is 10.6. The molecule has 0 aliphatic carbocycles. The Kier molecular flexibility index (Phi) is 4.82. The van der Waals surface area contributed by atoms with Gasteiger partial charge in [0.2, 0.25) is 0 Å². The highest BCUT2D eigenvalue weighted by molar-refractivity contribution is 6.31. The molecule has 0 radical (unpaired) electrons. The minimum Gasteiger partial charge on any atom is -0.342 e. The predicted molar refractivity (Wildman–Crippen MR) is 82.3 cm³/mol. The molecular weight excluding hydrogens is 274 g/mol. The number of benzene rings is 1. The van der Waals surface area contributed by atoms with Gasteiger partial charge < -0.3 is 15.2 Å². The molecule has 0 bridgehead atoms. The number of para-hydroxylation sites is 1. The maximum absolute atomic E-state index is 12.4. The summed E-state index contributed by atoms with van der Waals surface area (Å²) in [5, 5.41) is 6.60. The van der Waals surface area contributed by atoms with Gasteiger partial charge in [0.05, 0.1) is 5.02 Å². The minimum absolute atomic E-state index is 0.151. The third-order valence-electron chi connectivity index (χ3n) is 3.07. The first kappa shape index (κ1) is 14.6. The van der Waals surface area contributed by atoms with Crippen molar-refractivity contribution in [1.29, 1.82) is 0 Å². The number of aryl methyl sites for hydroxylation is 1. The lowest BCUT2D eigenvalue weighted by Crippen LogP contribution is -2.18. The Morgan fingerprint density at radius 3 is 2.80 bits per heavy atom. The fourth-order valence-electron chi connectivity index (χ4n) is 2.10. The van der Waals surface area contributed by atoms with Crippen molar-refractivity contribution in [2.75, 3.05) is 12.4 Å². The maximum atomic E-state index is 12.4. The van der Waals surface area contributed by atoms with Gasteiger partial charge in [0, 0.05) is 25.0 Å². The lowest BCUT2D eigenvalue weighted by Gasteiger charge is -2.11. The quantitative estimate of drug-likeness (QED) is 0.889. The van der Waals surface area contributed by atoms with E-state index < -0.39 is 0 Å². The molecule has 20 heavy (non-hydrogen) atoms. The second kappa shape index (κ2) is 6.59. The topological polar surface area (TPSA) is 46.1 Å². The summed E-state index contributed by atoms with van der Waals surface area (Å²) in [4.78, 5) is 12.4. The summed E-state index contributed by atoms with van der Waals surface area (Å²) in [6.07, 6.45) is 1.76. The lowest BCUT2D eigenvalue weighted by molar-refractivity contribution is 0.101. The molecule has 0 spiro atoms. The Hall–Kier alpha value is -1.78. The van der Waals surface area contributed by atoms with E-state index in [0.717, 1.165) is 11.3 Å². The molecule has 1 aromatic heterocycles. The van der Waals surface area contributed by atoms with Crippen LogP contribution in [0.15, 0.2) is 36.5 Å². The van der Waals surface area contributed by atoms with Crippen LogP contribution in [0.5, 0.6) is 0 Å². The molecule has 106 valence electrons. The van der Waals surface area contributed by atoms with E-state index in [1.54, 1.807) is 12.3 Å². The molecular formula is C15H18ClN3O. The third kappa shape index (κ3) is 3.21. The van der Waals surface area contributed by atoms with Crippen LogP contribution in [0.3, 0.4) is 0 Å². The van der Waals surface area contributed by atoms with E-state index in [1.807, 2.05) is 42.8 Å². The number of rotatable bonds is 5. The number of carbonyl (C=O) groups excluding carboxylic acids is 1. The number of amides is 1. The van der Waals surface area contributed by atoms with Gasteiger partial charge >= 0.3 is 0 Å². The number of nitrogens with one attached hydrogen (secondary N) is 2. The van der Waals surface area contributed by atoms with Crippen molar-refractivity contribution in [2.24, 2.45) is 0 Å². The summed E-state index contributed by atoms with van der Waals surface area (Å²) in [5.74, 6) is -0.151. The molecule has 5 heteroatoms. The van der Waals surface area contributed by atoms with Crippen molar-refractivity contribution >= 4 is 23.2 Å². The molecule has 1 amide bonds. The van der Waals surface area contributed by atoms with Crippen LogP contribution in [-0.4, -0.2) is 17.5 Å². The average molecular weight is 292 g/mol. The van der Waals surface area contributed by atoms with E-state index in [0.29, 0.717) is 23.8 Å². The van der Waals surface area contributed by atoms with Crippen LogP contribution in [0.4, 0.5) is 5.69 Å². The molecule has 2 rings (SSSR count). The minimum atomic E-state index is -0.151. The SMILES string of the molecule is CCn1cc(Cl)cc1C(=O)Nc1ccccc1CNC. The Morgan fingerprint density at radius 2 is 2.10 bits per heavy atom. The van der Waals surface area contributed by atoms with E-state index in [-0.39, 0.29) is 5.91 Å². The Labute approximate surface area is 123 Å². The largest absolute Gasteiger partial charge is 0.342 e. The Morgan fingerprint density at radius 1 is 1.35 bits per heavy atom. The van der Waals surface area contributed by atoms with Gasteiger partial charge in [0.25, 0.3) is 5.91 Å².